The summed E-state index contributed by atoms with van der Waals surface area (Å²) < 4.78 is 1.62. The van der Waals surface area contributed by atoms with Gasteiger partial charge in [0.1, 0.15) is 6.33 Å². The van der Waals surface area contributed by atoms with Crippen LogP contribution in [-0.4, -0.2) is 42.0 Å². The van der Waals surface area contributed by atoms with Crippen molar-refractivity contribution in [3.8, 4) is 5.82 Å². The molecule has 4 aromatic rings. The lowest BCUT2D eigenvalue weighted by atomic mass is 10.1. The molecule has 0 atom stereocenters. The van der Waals surface area contributed by atoms with Gasteiger partial charge in [0.25, 0.3) is 0 Å². The first kappa shape index (κ1) is 16.3. The van der Waals surface area contributed by atoms with E-state index in [1.807, 2.05) is 18.2 Å². The number of fused-ring (bicyclic) bond motifs is 1. The molecule has 27 heavy (non-hydrogen) atoms. The summed E-state index contributed by atoms with van der Waals surface area (Å²) in [5, 5.41) is 18.1. The maximum atomic E-state index is 10.9. The topological polar surface area (TPSA) is 118 Å². The fourth-order valence-electron chi connectivity index (χ4n) is 2.46. The highest BCUT2D eigenvalue weighted by molar-refractivity contribution is 5.90. The van der Waals surface area contributed by atoms with Crippen LogP contribution in [0.4, 0.5) is 5.82 Å². The Morgan fingerprint density at radius 2 is 1.96 bits per heavy atom. The maximum absolute atomic E-state index is 10.9. The lowest BCUT2D eigenvalue weighted by Gasteiger charge is -2.03. The molecule has 0 radical (unpaired) electrons. The Bertz CT molecular complexity index is 1120. The molecule has 3 aromatic heterocycles. The Morgan fingerprint density at radius 1 is 1.11 bits per heavy atom. The Morgan fingerprint density at radius 3 is 2.70 bits per heavy atom. The maximum Gasteiger partial charge on any atom is 0.335 e. The van der Waals surface area contributed by atoms with E-state index in [1.54, 1.807) is 35.4 Å². The highest BCUT2D eigenvalue weighted by atomic mass is 16.4. The van der Waals surface area contributed by atoms with E-state index in [0.717, 1.165) is 5.56 Å². The Balaban J connectivity index is 1.57. The molecule has 0 aliphatic heterocycles. The zero-order valence-corrected chi connectivity index (χ0v) is 13.9. The van der Waals surface area contributed by atoms with Gasteiger partial charge < -0.3 is 5.11 Å². The number of carboxylic acid groups (broad SMARTS) is 1. The smallest absolute Gasteiger partial charge is 0.335 e. The van der Waals surface area contributed by atoms with E-state index < -0.39 is 5.97 Å². The zero-order chi connectivity index (χ0) is 18.6. The largest absolute Gasteiger partial charge is 0.478 e. The van der Waals surface area contributed by atoms with Crippen molar-refractivity contribution in [2.45, 2.75) is 0 Å². The number of nitrogens with one attached hydrogen (secondary N) is 1. The van der Waals surface area contributed by atoms with Crippen molar-refractivity contribution in [3.05, 3.63) is 72.3 Å². The van der Waals surface area contributed by atoms with Crippen LogP contribution in [0.15, 0.2) is 66.3 Å². The van der Waals surface area contributed by atoms with Gasteiger partial charge in [-0.15, -0.1) is 0 Å². The minimum absolute atomic E-state index is 0.222. The molecule has 0 saturated carbocycles. The Labute approximate surface area is 153 Å². The third kappa shape index (κ3) is 3.33. The van der Waals surface area contributed by atoms with Gasteiger partial charge in [-0.3, -0.25) is 5.43 Å². The van der Waals surface area contributed by atoms with Crippen LogP contribution in [0, 0.1) is 0 Å². The molecule has 0 amide bonds. The molecular weight excluding hydrogens is 346 g/mol. The van der Waals surface area contributed by atoms with Gasteiger partial charge in [0.15, 0.2) is 17.3 Å². The third-order valence-electron chi connectivity index (χ3n) is 3.77. The summed E-state index contributed by atoms with van der Waals surface area (Å²) in [4.78, 5) is 23.6. The fraction of sp³-hybridized carbons (Fsp3) is 0. The number of nitrogens with zero attached hydrogens (tertiary/aromatic N) is 6. The summed E-state index contributed by atoms with van der Waals surface area (Å²) in [6.07, 6.45) is 6.32. The average molecular weight is 359 g/mol. The fourth-order valence-corrected chi connectivity index (χ4v) is 2.46. The van der Waals surface area contributed by atoms with Crippen molar-refractivity contribution in [3.63, 3.8) is 0 Å². The summed E-state index contributed by atoms with van der Waals surface area (Å²) in [7, 11) is 0. The summed E-state index contributed by atoms with van der Waals surface area (Å²) in [6, 6.07) is 11.9. The molecule has 4 rings (SSSR count). The van der Waals surface area contributed by atoms with Gasteiger partial charge in [-0.2, -0.15) is 14.9 Å². The molecule has 1 aromatic carbocycles. The van der Waals surface area contributed by atoms with Crippen LogP contribution >= 0.6 is 0 Å². The summed E-state index contributed by atoms with van der Waals surface area (Å²) in [5.74, 6) is 0.185. The Hall–Kier alpha value is -4.14. The van der Waals surface area contributed by atoms with Crippen LogP contribution in [0.5, 0.6) is 0 Å². The number of hydrogen-bond acceptors (Lipinski definition) is 7. The zero-order valence-electron chi connectivity index (χ0n) is 13.9. The number of hydrazone groups is 1. The Kier molecular flexibility index (Phi) is 4.24. The molecule has 0 spiro atoms. The second-order valence-electron chi connectivity index (χ2n) is 5.50. The van der Waals surface area contributed by atoms with Gasteiger partial charge in [-0.25, -0.2) is 19.7 Å². The first-order chi connectivity index (χ1) is 13.2. The monoisotopic (exact) mass is 359 g/mol. The molecule has 9 heteroatoms. The van der Waals surface area contributed by atoms with Crippen LogP contribution in [0.25, 0.3) is 16.9 Å². The average Bonchev–Trinajstić information content (AvgIpc) is 3.14. The number of carboxylic acids is 1. The van der Waals surface area contributed by atoms with Gasteiger partial charge in [-0.05, 0) is 29.8 Å². The number of aromatic nitrogens is 5. The molecular formula is C18H13N7O2. The van der Waals surface area contributed by atoms with Gasteiger partial charge >= 0.3 is 5.97 Å². The number of pyridine rings is 1. The van der Waals surface area contributed by atoms with Gasteiger partial charge in [-0.1, -0.05) is 18.2 Å². The van der Waals surface area contributed by atoms with Gasteiger partial charge in [0, 0.05) is 6.20 Å². The molecule has 0 saturated heterocycles. The van der Waals surface area contributed by atoms with Crippen molar-refractivity contribution in [2.75, 3.05) is 5.43 Å². The van der Waals surface area contributed by atoms with E-state index >= 15 is 0 Å². The van der Waals surface area contributed by atoms with E-state index in [1.165, 1.54) is 18.5 Å². The van der Waals surface area contributed by atoms with Crippen molar-refractivity contribution in [1.82, 2.24) is 24.7 Å². The second-order valence-corrected chi connectivity index (χ2v) is 5.50. The number of rotatable bonds is 5. The number of carbonyl (C=O) groups is 1. The molecule has 0 bridgehead atoms. The highest BCUT2D eigenvalue weighted by Crippen LogP contribution is 2.20. The van der Waals surface area contributed by atoms with Crippen molar-refractivity contribution >= 4 is 29.0 Å². The molecule has 9 nitrogen and oxygen atoms in total. The summed E-state index contributed by atoms with van der Waals surface area (Å²) in [6.45, 7) is 0. The third-order valence-corrected chi connectivity index (χ3v) is 3.77. The minimum atomic E-state index is -0.968. The standard InChI is InChI=1S/C18H13N7O2/c26-18(27)13-6-4-12(5-7-13)9-22-24-16-14-10-23-25(17(14)21-11-20-16)15-3-1-2-8-19-15/h1-11H,(H,26,27)(H,20,21,24). The molecule has 0 unspecified atom stereocenters. The van der Waals surface area contributed by atoms with E-state index in [9.17, 15) is 4.79 Å². The number of hydrogen-bond donors (Lipinski definition) is 2. The van der Waals surface area contributed by atoms with Crippen LogP contribution in [0.2, 0.25) is 0 Å². The lowest BCUT2D eigenvalue weighted by molar-refractivity contribution is 0.0697. The molecule has 0 aliphatic carbocycles. The van der Waals surface area contributed by atoms with Gasteiger partial charge in [0.2, 0.25) is 0 Å². The van der Waals surface area contributed by atoms with Crippen LogP contribution in [0.1, 0.15) is 15.9 Å². The van der Waals surface area contributed by atoms with E-state index in [-0.39, 0.29) is 5.56 Å². The van der Waals surface area contributed by atoms with E-state index in [4.69, 9.17) is 5.11 Å². The van der Waals surface area contributed by atoms with Crippen LogP contribution in [-0.2, 0) is 0 Å². The summed E-state index contributed by atoms with van der Waals surface area (Å²) in [5.41, 5.74) is 4.44. The lowest BCUT2D eigenvalue weighted by Crippen LogP contribution is -2.01. The second kappa shape index (κ2) is 7.00. The van der Waals surface area contributed by atoms with E-state index in [2.05, 4.69) is 30.6 Å². The molecule has 3 heterocycles. The number of benzene rings is 1. The summed E-state index contributed by atoms with van der Waals surface area (Å²) >= 11 is 0. The van der Waals surface area contributed by atoms with Gasteiger partial charge in [0.05, 0.1) is 23.4 Å². The van der Waals surface area contributed by atoms with Crippen molar-refractivity contribution in [1.29, 1.82) is 0 Å². The molecule has 2 N–H and O–H groups in total. The predicted molar refractivity (Wildman–Crippen MR) is 99.1 cm³/mol. The highest BCUT2D eigenvalue weighted by Gasteiger charge is 2.11. The first-order valence-electron chi connectivity index (χ1n) is 7.95. The SMILES string of the molecule is O=C(O)c1ccc(C=NNc2ncnc3c2cnn3-c2ccccn2)cc1. The number of anilines is 1. The van der Waals surface area contributed by atoms with Crippen molar-refractivity contribution < 1.29 is 9.90 Å². The molecule has 132 valence electrons. The minimum Gasteiger partial charge on any atom is -0.478 e. The first-order valence-corrected chi connectivity index (χ1v) is 7.95. The van der Waals surface area contributed by atoms with Crippen LogP contribution < -0.4 is 5.43 Å². The molecule has 0 fully saturated rings. The molecule has 0 aliphatic rings. The predicted octanol–water partition coefficient (Wildman–Crippen LogP) is 2.35. The van der Waals surface area contributed by atoms with Crippen LogP contribution in [0.3, 0.4) is 0 Å². The number of aromatic carboxylic acids is 1. The van der Waals surface area contributed by atoms with E-state index in [0.29, 0.717) is 22.7 Å². The normalized spacial score (nSPS) is 11.1. The van der Waals surface area contributed by atoms with Crippen molar-refractivity contribution in [2.24, 2.45) is 5.10 Å². The quantitative estimate of drug-likeness (QED) is 0.415.